The summed E-state index contributed by atoms with van der Waals surface area (Å²) in [5.74, 6) is 3.15. The first kappa shape index (κ1) is 13.3. The molecule has 0 saturated carbocycles. The van der Waals surface area contributed by atoms with Gasteiger partial charge in [0.25, 0.3) is 0 Å². The zero-order valence-corrected chi connectivity index (χ0v) is 11.7. The van der Waals surface area contributed by atoms with Crippen LogP contribution in [-0.4, -0.2) is 21.5 Å². The topological polar surface area (TPSA) is 75.9 Å². The van der Waals surface area contributed by atoms with Gasteiger partial charge in [0, 0.05) is 12.1 Å². The minimum absolute atomic E-state index is 0.512. The van der Waals surface area contributed by atoms with Crippen LogP contribution >= 0.6 is 0 Å². The van der Waals surface area contributed by atoms with Gasteiger partial charge in [-0.2, -0.15) is 0 Å². The van der Waals surface area contributed by atoms with E-state index < -0.39 is 0 Å². The smallest absolute Gasteiger partial charge is 0.213 e. The maximum Gasteiger partial charge on any atom is 0.213 e. The predicted molar refractivity (Wildman–Crippen MR) is 74.2 cm³/mol. The fourth-order valence-corrected chi connectivity index (χ4v) is 1.75. The second kappa shape index (κ2) is 5.69. The molecule has 0 bridgehead atoms. The summed E-state index contributed by atoms with van der Waals surface area (Å²) in [5.41, 5.74) is 1.91. The van der Waals surface area contributed by atoms with Crippen molar-refractivity contribution in [3.63, 3.8) is 0 Å². The van der Waals surface area contributed by atoms with E-state index in [1.807, 2.05) is 27.7 Å². The van der Waals surface area contributed by atoms with E-state index in [0.717, 1.165) is 35.2 Å². The minimum Gasteiger partial charge on any atom is -0.444 e. The number of hydrogen-bond acceptors (Lipinski definition) is 6. The lowest BCUT2D eigenvalue weighted by Crippen LogP contribution is -2.08. The molecule has 0 aliphatic rings. The third kappa shape index (κ3) is 3.01. The molecule has 0 saturated heterocycles. The number of hydrogen-bond donors (Lipinski definition) is 2. The maximum absolute atomic E-state index is 5.52. The number of nitrogens with zero attached hydrogens (tertiary/aromatic N) is 3. The molecule has 0 radical (unpaired) electrons. The Hall–Kier alpha value is -2.11. The Morgan fingerprint density at radius 3 is 2.37 bits per heavy atom. The van der Waals surface area contributed by atoms with E-state index >= 15 is 0 Å². The van der Waals surface area contributed by atoms with Gasteiger partial charge in [-0.25, -0.2) is 15.0 Å². The fraction of sp³-hybridized carbons (Fsp3) is 0.462. The van der Waals surface area contributed by atoms with Crippen molar-refractivity contribution in [1.82, 2.24) is 15.0 Å². The molecule has 0 aliphatic carbocycles. The molecule has 102 valence electrons. The van der Waals surface area contributed by atoms with Crippen molar-refractivity contribution < 1.29 is 4.42 Å². The van der Waals surface area contributed by atoms with E-state index in [2.05, 4.69) is 25.6 Å². The van der Waals surface area contributed by atoms with Crippen LogP contribution in [0.3, 0.4) is 0 Å². The van der Waals surface area contributed by atoms with Crippen molar-refractivity contribution in [3.8, 4) is 0 Å². The summed E-state index contributed by atoms with van der Waals surface area (Å²) in [6.07, 6.45) is 1.54. The summed E-state index contributed by atoms with van der Waals surface area (Å²) in [7, 11) is 0. The molecule has 2 aromatic rings. The maximum atomic E-state index is 5.52. The predicted octanol–water partition coefficient (Wildman–Crippen LogP) is 2.43. The van der Waals surface area contributed by atoms with Gasteiger partial charge in [0.1, 0.15) is 23.7 Å². The van der Waals surface area contributed by atoms with Gasteiger partial charge in [-0.3, -0.25) is 0 Å². The molecule has 2 heterocycles. The fourth-order valence-electron chi connectivity index (χ4n) is 1.75. The zero-order valence-electron chi connectivity index (χ0n) is 11.7. The first-order valence-electron chi connectivity index (χ1n) is 6.34. The van der Waals surface area contributed by atoms with Gasteiger partial charge in [-0.05, 0) is 27.7 Å². The van der Waals surface area contributed by atoms with Crippen molar-refractivity contribution in [3.05, 3.63) is 29.2 Å². The van der Waals surface area contributed by atoms with Crippen LogP contribution < -0.4 is 10.6 Å². The average molecular weight is 261 g/mol. The summed E-state index contributed by atoms with van der Waals surface area (Å²) in [6.45, 7) is 9.19. The second-order valence-electron chi connectivity index (χ2n) is 4.33. The van der Waals surface area contributed by atoms with Crippen LogP contribution in [0, 0.1) is 20.8 Å². The Bertz CT molecular complexity index is 545. The largest absolute Gasteiger partial charge is 0.444 e. The Morgan fingerprint density at radius 2 is 1.79 bits per heavy atom. The van der Waals surface area contributed by atoms with Crippen LogP contribution in [0.15, 0.2) is 10.7 Å². The number of anilines is 2. The number of oxazole rings is 1. The summed E-state index contributed by atoms with van der Waals surface area (Å²) in [5, 5.41) is 6.42. The molecule has 19 heavy (non-hydrogen) atoms. The molecule has 0 amide bonds. The van der Waals surface area contributed by atoms with Crippen LogP contribution in [0.2, 0.25) is 0 Å². The summed E-state index contributed by atoms with van der Waals surface area (Å²) in [4.78, 5) is 12.8. The standard InChI is InChI=1S/C13H19N5O/c1-5-14-12-8(2)13(17-7-16-12)15-6-11-18-9(3)10(4)19-11/h7H,5-6H2,1-4H3,(H2,14,15,16,17). The Labute approximate surface area is 112 Å². The number of aromatic nitrogens is 3. The normalized spacial score (nSPS) is 10.5. The molecule has 0 atom stereocenters. The van der Waals surface area contributed by atoms with Crippen molar-refractivity contribution in [2.24, 2.45) is 0 Å². The highest BCUT2D eigenvalue weighted by Crippen LogP contribution is 2.19. The summed E-state index contributed by atoms with van der Waals surface area (Å²) in [6, 6.07) is 0. The lowest BCUT2D eigenvalue weighted by molar-refractivity contribution is 0.478. The summed E-state index contributed by atoms with van der Waals surface area (Å²) < 4.78 is 5.52. The summed E-state index contributed by atoms with van der Waals surface area (Å²) >= 11 is 0. The average Bonchev–Trinajstić information content (AvgIpc) is 2.70. The third-order valence-corrected chi connectivity index (χ3v) is 2.91. The van der Waals surface area contributed by atoms with Crippen molar-refractivity contribution in [2.45, 2.75) is 34.2 Å². The quantitative estimate of drug-likeness (QED) is 0.861. The highest BCUT2D eigenvalue weighted by atomic mass is 16.4. The van der Waals surface area contributed by atoms with Crippen LogP contribution in [0.1, 0.15) is 29.8 Å². The molecule has 2 aromatic heterocycles. The van der Waals surface area contributed by atoms with Crippen LogP contribution in [0.5, 0.6) is 0 Å². The van der Waals surface area contributed by atoms with Crippen LogP contribution in [0.4, 0.5) is 11.6 Å². The van der Waals surface area contributed by atoms with Crippen molar-refractivity contribution in [1.29, 1.82) is 0 Å². The first-order valence-corrected chi connectivity index (χ1v) is 6.34. The zero-order chi connectivity index (χ0) is 13.8. The number of aryl methyl sites for hydroxylation is 2. The second-order valence-corrected chi connectivity index (χ2v) is 4.33. The molecule has 2 rings (SSSR count). The van der Waals surface area contributed by atoms with E-state index in [4.69, 9.17) is 4.42 Å². The van der Waals surface area contributed by atoms with Gasteiger partial charge in [-0.1, -0.05) is 0 Å². The van der Waals surface area contributed by atoms with Gasteiger partial charge in [0.15, 0.2) is 0 Å². The Kier molecular flexibility index (Phi) is 3.99. The Balaban J connectivity index is 2.09. The van der Waals surface area contributed by atoms with E-state index in [9.17, 15) is 0 Å². The molecular weight excluding hydrogens is 242 g/mol. The monoisotopic (exact) mass is 261 g/mol. The highest BCUT2D eigenvalue weighted by Gasteiger charge is 2.09. The van der Waals surface area contributed by atoms with Gasteiger partial charge in [0.05, 0.1) is 12.2 Å². The van der Waals surface area contributed by atoms with E-state index in [0.29, 0.717) is 12.4 Å². The molecule has 2 N–H and O–H groups in total. The third-order valence-electron chi connectivity index (χ3n) is 2.91. The molecule has 0 aromatic carbocycles. The molecule has 6 nitrogen and oxygen atoms in total. The molecule has 0 spiro atoms. The molecule has 6 heteroatoms. The van der Waals surface area contributed by atoms with Gasteiger partial charge in [0.2, 0.25) is 5.89 Å². The lowest BCUT2D eigenvalue weighted by atomic mass is 10.3. The van der Waals surface area contributed by atoms with E-state index in [1.165, 1.54) is 0 Å². The van der Waals surface area contributed by atoms with E-state index in [-0.39, 0.29) is 0 Å². The molecule has 0 unspecified atom stereocenters. The number of rotatable bonds is 5. The van der Waals surface area contributed by atoms with Crippen LogP contribution in [0.25, 0.3) is 0 Å². The van der Waals surface area contributed by atoms with Gasteiger partial charge in [-0.15, -0.1) is 0 Å². The van der Waals surface area contributed by atoms with E-state index in [1.54, 1.807) is 6.33 Å². The first-order chi connectivity index (χ1) is 9.11. The van der Waals surface area contributed by atoms with Crippen molar-refractivity contribution >= 4 is 11.6 Å². The van der Waals surface area contributed by atoms with Gasteiger partial charge >= 0.3 is 0 Å². The van der Waals surface area contributed by atoms with Crippen LogP contribution in [-0.2, 0) is 6.54 Å². The minimum atomic E-state index is 0.512. The molecule has 0 aliphatic heterocycles. The highest BCUT2D eigenvalue weighted by molar-refractivity contribution is 5.56. The van der Waals surface area contributed by atoms with Gasteiger partial charge < -0.3 is 15.1 Å². The Morgan fingerprint density at radius 1 is 1.11 bits per heavy atom. The number of nitrogens with one attached hydrogen (secondary N) is 2. The molecule has 0 fully saturated rings. The van der Waals surface area contributed by atoms with Crippen molar-refractivity contribution in [2.75, 3.05) is 17.2 Å². The lowest BCUT2D eigenvalue weighted by Gasteiger charge is -2.10. The SMILES string of the molecule is CCNc1ncnc(NCc2nc(C)c(C)o2)c1C. The molecular formula is C13H19N5O.